The Morgan fingerprint density at radius 2 is 1.84 bits per heavy atom. The van der Waals surface area contributed by atoms with Crippen LogP contribution in [0.15, 0.2) is 18.2 Å². The molecule has 0 aromatic heterocycles. The molecule has 106 valence electrons. The van der Waals surface area contributed by atoms with Crippen LogP contribution < -0.4 is 5.32 Å². The number of nitrogens with one attached hydrogen (secondary N) is 1. The maximum absolute atomic E-state index is 12.2. The fraction of sp³-hybridized carbons (Fsp3) is 0.562. The van der Waals surface area contributed by atoms with Crippen LogP contribution >= 0.6 is 0 Å². The van der Waals surface area contributed by atoms with E-state index in [1.165, 1.54) is 0 Å². The maximum atomic E-state index is 12.2. The van der Waals surface area contributed by atoms with E-state index in [0.29, 0.717) is 6.61 Å². The number of esters is 1. The van der Waals surface area contributed by atoms with E-state index in [0.717, 1.165) is 23.1 Å². The molecule has 0 bridgehead atoms. The highest BCUT2D eigenvalue weighted by atomic mass is 16.5. The highest BCUT2D eigenvalue weighted by Gasteiger charge is 2.25. The van der Waals surface area contributed by atoms with Crippen molar-refractivity contribution in [2.45, 2.75) is 53.1 Å². The van der Waals surface area contributed by atoms with Crippen molar-refractivity contribution in [2.24, 2.45) is 0 Å². The minimum Gasteiger partial charge on any atom is -0.465 e. The molecule has 2 unspecified atom stereocenters. The molecule has 19 heavy (non-hydrogen) atoms. The van der Waals surface area contributed by atoms with E-state index >= 15 is 0 Å². The second-order valence-electron chi connectivity index (χ2n) is 4.97. The predicted octanol–water partition coefficient (Wildman–Crippen LogP) is 3.30. The molecule has 0 heterocycles. The smallest absolute Gasteiger partial charge is 0.327 e. The highest BCUT2D eigenvalue weighted by Crippen LogP contribution is 2.24. The molecule has 0 aliphatic carbocycles. The minimum absolute atomic E-state index is 0.194. The van der Waals surface area contributed by atoms with Crippen molar-refractivity contribution in [3.05, 3.63) is 34.9 Å². The average molecular weight is 263 g/mol. The van der Waals surface area contributed by atoms with Gasteiger partial charge in [-0.2, -0.15) is 0 Å². The van der Waals surface area contributed by atoms with Gasteiger partial charge in [0.05, 0.1) is 6.61 Å². The standard InChI is InChI=1S/C16H25NO2/c1-6-13(5)17-15(16(18)19-7-2)14-11(3)9-8-10-12(14)4/h8-10,13,15,17H,6-7H2,1-5H3. The first-order valence-corrected chi connectivity index (χ1v) is 7.00. The molecule has 1 aromatic rings. The van der Waals surface area contributed by atoms with Crippen molar-refractivity contribution in [3.63, 3.8) is 0 Å². The van der Waals surface area contributed by atoms with Crippen LogP contribution in [-0.4, -0.2) is 18.6 Å². The molecule has 0 saturated carbocycles. The molecule has 0 fully saturated rings. The number of ether oxygens (including phenoxy) is 1. The SMILES string of the molecule is CCOC(=O)C(NC(C)CC)c1c(C)cccc1C. The molecule has 1 N–H and O–H groups in total. The largest absolute Gasteiger partial charge is 0.465 e. The summed E-state index contributed by atoms with van der Waals surface area (Å²) in [5.74, 6) is -0.194. The van der Waals surface area contributed by atoms with Crippen LogP contribution in [0.3, 0.4) is 0 Å². The number of benzene rings is 1. The second-order valence-corrected chi connectivity index (χ2v) is 4.97. The van der Waals surface area contributed by atoms with Crippen molar-refractivity contribution in [2.75, 3.05) is 6.61 Å². The van der Waals surface area contributed by atoms with Crippen molar-refractivity contribution >= 4 is 5.97 Å². The monoisotopic (exact) mass is 263 g/mol. The number of carbonyl (C=O) groups is 1. The van der Waals surface area contributed by atoms with E-state index in [9.17, 15) is 4.79 Å². The lowest BCUT2D eigenvalue weighted by Gasteiger charge is -2.24. The Kier molecular flexibility index (Phi) is 6.03. The van der Waals surface area contributed by atoms with Crippen molar-refractivity contribution < 1.29 is 9.53 Å². The van der Waals surface area contributed by atoms with E-state index in [1.54, 1.807) is 0 Å². The Labute approximate surface area is 116 Å². The highest BCUT2D eigenvalue weighted by molar-refractivity contribution is 5.78. The normalized spacial score (nSPS) is 13.9. The van der Waals surface area contributed by atoms with Crippen molar-refractivity contribution in [1.29, 1.82) is 0 Å². The van der Waals surface area contributed by atoms with E-state index in [-0.39, 0.29) is 18.1 Å². The topological polar surface area (TPSA) is 38.3 Å². The molecule has 0 radical (unpaired) electrons. The van der Waals surface area contributed by atoms with Gasteiger partial charge in [-0.25, -0.2) is 4.79 Å². The van der Waals surface area contributed by atoms with Crippen molar-refractivity contribution in [1.82, 2.24) is 5.32 Å². The van der Waals surface area contributed by atoms with Crippen LogP contribution in [0.1, 0.15) is 49.9 Å². The Balaban J connectivity index is 3.11. The Morgan fingerprint density at radius 3 is 2.32 bits per heavy atom. The number of carbonyl (C=O) groups excluding carboxylic acids is 1. The van der Waals surface area contributed by atoms with Gasteiger partial charge in [-0.3, -0.25) is 5.32 Å². The molecule has 0 aliphatic heterocycles. The van der Waals surface area contributed by atoms with Gasteiger partial charge in [0.15, 0.2) is 0 Å². The van der Waals surface area contributed by atoms with Gasteiger partial charge in [0.25, 0.3) is 0 Å². The maximum Gasteiger partial charge on any atom is 0.327 e. The van der Waals surface area contributed by atoms with E-state index in [1.807, 2.05) is 39.0 Å². The van der Waals surface area contributed by atoms with E-state index < -0.39 is 0 Å². The first-order valence-electron chi connectivity index (χ1n) is 7.00. The second kappa shape index (κ2) is 7.29. The third kappa shape index (κ3) is 4.06. The fourth-order valence-electron chi connectivity index (χ4n) is 2.18. The Bertz CT molecular complexity index is 409. The summed E-state index contributed by atoms with van der Waals surface area (Å²) in [5, 5.41) is 3.37. The summed E-state index contributed by atoms with van der Waals surface area (Å²) >= 11 is 0. The van der Waals surface area contributed by atoms with E-state index in [2.05, 4.69) is 19.2 Å². The van der Waals surface area contributed by atoms with E-state index in [4.69, 9.17) is 4.74 Å². The minimum atomic E-state index is -0.379. The van der Waals surface area contributed by atoms with Crippen LogP contribution in [-0.2, 0) is 9.53 Å². The molecule has 2 atom stereocenters. The molecule has 0 amide bonds. The van der Waals surface area contributed by atoms with Gasteiger partial charge in [0.1, 0.15) is 6.04 Å². The summed E-state index contributed by atoms with van der Waals surface area (Å²) < 4.78 is 5.21. The third-order valence-electron chi connectivity index (χ3n) is 3.42. The number of hydrogen-bond acceptors (Lipinski definition) is 3. The first kappa shape index (κ1) is 15.7. The van der Waals surface area contributed by atoms with Crippen LogP contribution in [0.5, 0.6) is 0 Å². The molecule has 1 rings (SSSR count). The first-order chi connectivity index (χ1) is 9.01. The quantitative estimate of drug-likeness (QED) is 0.800. The summed E-state index contributed by atoms with van der Waals surface area (Å²) in [6, 6.07) is 5.98. The van der Waals surface area contributed by atoms with Gasteiger partial charge in [-0.05, 0) is 50.8 Å². The number of rotatable bonds is 6. The molecule has 3 heteroatoms. The van der Waals surface area contributed by atoms with Crippen LogP contribution in [0.2, 0.25) is 0 Å². The summed E-state index contributed by atoms with van der Waals surface area (Å²) in [4.78, 5) is 12.2. The van der Waals surface area contributed by atoms with Crippen LogP contribution in [0, 0.1) is 13.8 Å². The average Bonchev–Trinajstić information content (AvgIpc) is 2.37. The lowest BCUT2D eigenvalue weighted by atomic mass is 9.95. The van der Waals surface area contributed by atoms with Crippen LogP contribution in [0.25, 0.3) is 0 Å². The molecule has 0 saturated heterocycles. The summed E-state index contributed by atoms with van der Waals surface area (Å²) in [6.45, 7) is 10.5. The lowest BCUT2D eigenvalue weighted by Crippen LogP contribution is -2.37. The lowest BCUT2D eigenvalue weighted by molar-refractivity contribution is -0.146. The summed E-state index contributed by atoms with van der Waals surface area (Å²) in [6.07, 6.45) is 0.973. The Hall–Kier alpha value is -1.35. The van der Waals surface area contributed by atoms with Gasteiger partial charge < -0.3 is 4.74 Å². The van der Waals surface area contributed by atoms with Gasteiger partial charge in [0.2, 0.25) is 0 Å². The molecule has 1 aromatic carbocycles. The molecule has 0 aliphatic rings. The Morgan fingerprint density at radius 1 is 1.26 bits per heavy atom. The summed E-state index contributed by atoms with van der Waals surface area (Å²) in [5.41, 5.74) is 3.28. The zero-order valence-electron chi connectivity index (χ0n) is 12.6. The van der Waals surface area contributed by atoms with Gasteiger partial charge in [0, 0.05) is 6.04 Å². The summed E-state index contributed by atoms with van der Waals surface area (Å²) in [7, 11) is 0. The number of aryl methyl sites for hydroxylation is 2. The molecule has 3 nitrogen and oxygen atoms in total. The molecular formula is C16H25NO2. The van der Waals surface area contributed by atoms with Crippen molar-refractivity contribution in [3.8, 4) is 0 Å². The van der Waals surface area contributed by atoms with Gasteiger partial charge >= 0.3 is 5.97 Å². The molecule has 0 spiro atoms. The molecular weight excluding hydrogens is 238 g/mol. The third-order valence-corrected chi connectivity index (χ3v) is 3.42. The van der Waals surface area contributed by atoms with Gasteiger partial charge in [-0.15, -0.1) is 0 Å². The van der Waals surface area contributed by atoms with Gasteiger partial charge in [-0.1, -0.05) is 25.1 Å². The number of hydrogen-bond donors (Lipinski definition) is 1. The predicted molar refractivity (Wildman–Crippen MR) is 78.2 cm³/mol. The zero-order chi connectivity index (χ0) is 14.4. The van der Waals surface area contributed by atoms with Crippen LogP contribution in [0.4, 0.5) is 0 Å². The zero-order valence-corrected chi connectivity index (χ0v) is 12.6. The fourth-order valence-corrected chi connectivity index (χ4v) is 2.18.